The van der Waals surface area contributed by atoms with Crippen molar-refractivity contribution in [3.63, 3.8) is 0 Å². The van der Waals surface area contributed by atoms with E-state index in [1.165, 1.54) is 0 Å². The molecule has 0 fully saturated rings. The van der Waals surface area contributed by atoms with Gasteiger partial charge in [-0.2, -0.15) is 0 Å². The van der Waals surface area contributed by atoms with Gasteiger partial charge in [-0.05, 0) is 18.8 Å². The summed E-state index contributed by atoms with van der Waals surface area (Å²) in [4.78, 5) is 15.9. The Morgan fingerprint density at radius 3 is 2.82 bits per heavy atom. The monoisotopic (exact) mass is 256 g/mol. The molecule has 0 spiro atoms. The summed E-state index contributed by atoms with van der Waals surface area (Å²) in [6.07, 6.45) is 1.02. The van der Waals surface area contributed by atoms with E-state index in [-0.39, 0.29) is 17.9 Å². The number of aliphatic hydroxyl groups is 1. The molecule has 1 rings (SSSR count). The molecule has 0 aromatic carbocycles. The van der Waals surface area contributed by atoms with E-state index < -0.39 is 0 Å². The number of aliphatic hydroxyl groups excluding tert-OH is 1. The van der Waals surface area contributed by atoms with Crippen molar-refractivity contribution in [3.05, 3.63) is 16.1 Å². The van der Waals surface area contributed by atoms with Crippen molar-refractivity contribution in [2.24, 2.45) is 5.41 Å². The molecule has 0 radical (unpaired) electrons. The van der Waals surface area contributed by atoms with Crippen molar-refractivity contribution in [3.8, 4) is 0 Å². The number of aromatic nitrogens is 1. The third kappa shape index (κ3) is 5.28. The van der Waals surface area contributed by atoms with E-state index in [9.17, 15) is 4.79 Å². The minimum atomic E-state index is -0.0671. The molecule has 96 valence electrons. The van der Waals surface area contributed by atoms with Crippen LogP contribution >= 0.6 is 11.3 Å². The highest BCUT2D eigenvalue weighted by molar-refractivity contribution is 7.09. The zero-order chi connectivity index (χ0) is 12.9. The van der Waals surface area contributed by atoms with Crippen molar-refractivity contribution in [2.75, 3.05) is 13.2 Å². The number of nitrogens with one attached hydrogen (secondary N) is 1. The first-order valence-electron chi connectivity index (χ1n) is 5.71. The Morgan fingerprint density at radius 1 is 1.59 bits per heavy atom. The molecular formula is C12H20N2O2S. The molecule has 1 heterocycles. The van der Waals surface area contributed by atoms with Gasteiger partial charge in [-0.3, -0.25) is 4.79 Å². The number of nitrogens with zero attached hydrogens (tertiary/aromatic N) is 1. The Hall–Kier alpha value is -0.940. The Labute approximate surface area is 106 Å². The zero-order valence-electron chi connectivity index (χ0n) is 10.6. The predicted octanol–water partition coefficient (Wildman–Crippen LogP) is 1.52. The standard InChI is InChI=1S/C12H20N2O2S/c1-9-14-10(7-17-9)6-11(16)13-8-12(2,3)4-5-15/h7,15H,4-6,8H2,1-3H3,(H,13,16). The Kier molecular flexibility index (Phi) is 5.08. The maximum atomic E-state index is 11.7. The van der Waals surface area contributed by atoms with Crippen molar-refractivity contribution < 1.29 is 9.90 Å². The minimum absolute atomic E-state index is 0.0127. The van der Waals surface area contributed by atoms with Crippen LogP contribution in [0.2, 0.25) is 0 Å². The average molecular weight is 256 g/mol. The molecule has 1 aromatic rings. The average Bonchev–Trinajstić information content (AvgIpc) is 2.61. The molecule has 1 amide bonds. The quantitative estimate of drug-likeness (QED) is 0.811. The van der Waals surface area contributed by atoms with Crippen LogP contribution < -0.4 is 5.32 Å². The third-order valence-electron chi connectivity index (χ3n) is 2.56. The van der Waals surface area contributed by atoms with E-state index in [0.29, 0.717) is 19.4 Å². The lowest BCUT2D eigenvalue weighted by atomic mass is 9.90. The number of carbonyl (C=O) groups is 1. The maximum Gasteiger partial charge on any atom is 0.226 e. The fourth-order valence-electron chi connectivity index (χ4n) is 1.45. The van der Waals surface area contributed by atoms with Gasteiger partial charge in [0.2, 0.25) is 5.91 Å². The summed E-state index contributed by atoms with van der Waals surface area (Å²) in [5.41, 5.74) is 0.757. The fraction of sp³-hybridized carbons (Fsp3) is 0.667. The van der Waals surface area contributed by atoms with E-state index in [1.807, 2.05) is 26.2 Å². The summed E-state index contributed by atoms with van der Waals surface area (Å²) >= 11 is 1.55. The van der Waals surface area contributed by atoms with E-state index in [1.54, 1.807) is 11.3 Å². The molecular weight excluding hydrogens is 236 g/mol. The van der Waals surface area contributed by atoms with Gasteiger partial charge in [-0.15, -0.1) is 11.3 Å². The van der Waals surface area contributed by atoms with Gasteiger partial charge in [0.15, 0.2) is 0 Å². The molecule has 0 unspecified atom stereocenters. The van der Waals surface area contributed by atoms with Crippen molar-refractivity contribution in [1.29, 1.82) is 0 Å². The molecule has 0 saturated heterocycles. The van der Waals surface area contributed by atoms with Gasteiger partial charge in [-0.1, -0.05) is 13.8 Å². The normalized spacial score (nSPS) is 11.5. The Balaban J connectivity index is 2.35. The van der Waals surface area contributed by atoms with Crippen LogP contribution in [0.25, 0.3) is 0 Å². The van der Waals surface area contributed by atoms with Crippen molar-refractivity contribution in [1.82, 2.24) is 10.3 Å². The predicted molar refractivity (Wildman–Crippen MR) is 69.0 cm³/mol. The molecule has 0 bridgehead atoms. The van der Waals surface area contributed by atoms with Crippen LogP contribution in [0.15, 0.2) is 5.38 Å². The number of amides is 1. The lowest BCUT2D eigenvalue weighted by Crippen LogP contribution is -2.35. The lowest BCUT2D eigenvalue weighted by Gasteiger charge is -2.23. The largest absolute Gasteiger partial charge is 0.396 e. The highest BCUT2D eigenvalue weighted by Gasteiger charge is 2.18. The second-order valence-corrected chi connectivity index (χ2v) is 6.01. The molecule has 0 saturated carbocycles. The van der Waals surface area contributed by atoms with E-state index >= 15 is 0 Å². The van der Waals surface area contributed by atoms with Gasteiger partial charge in [0.1, 0.15) is 0 Å². The summed E-state index contributed by atoms with van der Waals surface area (Å²) in [6.45, 7) is 6.70. The number of rotatable bonds is 6. The van der Waals surface area contributed by atoms with Gasteiger partial charge in [0.05, 0.1) is 17.1 Å². The van der Waals surface area contributed by atoms with Crippen LogP contribution in [0.4, 0.5) is 0 Å². The summed E-state index contributed by atoms with van der Waals surface area (Å²) in [7, 11) is 0. The molecule has 17 heavy (non-hydrogen) atoms. The van der Waals surface area contributed by atoms with Crippen LogP contribution in [-0.2, 0) is 11.2 Å². The first kappa shape index (κ1) is 14.1. The topological polar surface area (TPSA) is 62.2 Å². The van der Waals surface area contributed by atoms with Crippen LogP contribution in [0.1, 0.15) is 31.0 Å². The Morgan fingerprint density at radius 2 is 2.29 bits per heavy atom. The van der Waals surface area contributed by atoms with Crippen LogP contribution in [-0.4, -0.2) is 29.1 Å². The molecule has 0 aliphatic heterocycles. The second kappa shape index (κ2) is 6.12. The van der Waals surface area contributed by atoms with Gasteiger partial charge in [0, 0.05) is 18.5 Å². The number of carbonyl (C=O) groups excluding carboxylic acids is 1. The fourth-order valence-corrected chi connectivity index (χ4v) is 2.06. The Bertz CT molecular complexity index is 374. The molecule has 0 aliphatic carbocycles. The summed E-state index contributed by atoms with van der Waals surface area (Å²) in [5, 5.41) is 14.7. The molecule has 2 N–H and O–H groups in total. The number of thiazole rings is 1. The summed E-state index contributed by atoms with van der Waals surface area (Å²) < 4.78 is 0. The van der Waals surface area contributed by atoms with Gasteiger partial charge in [-0.25, -0.2) is 4.98 Å². The van der Waals surface area contributed by atoms with Gasteiger partial charge < -0.3 is 10.4 Å². The van der Waals surface area contributed by atoms with Crippen molar-refractivity contribution in [2.45, 2.75) is 33.6 Å². The van der Waals surface area contributed by atoms with Crippen LogP contribution in [0.3, 0.4) is 0 Å². The first-order valence-corrected chi connectivity index (χ1v) is 6.59. The highest BCUT2D eigenvalue weighted by atomic mass is 32.1. The lowest BCUT2D eigenvalue weighted by molar-refractivity contribution is -0.121. The number of aryl methyl sites for hydroxylation is 1. The third-order valence-corrected chi connectivity index (χ3v) is 3.38. The van der Waals surface area contributed by atoms with E-state index in [0.717, 1.165) is 10.7 Å². The van der Waals surface area contributed by atoms with Crippen LogP contribution in [0, 0.1) is 12.3 Å². The smallest absolute Gasteiger partial charge is 0.226 e. The van der Waals surface area contributed by atoms with E-state index in [4.69, 9.17) is 5.11 Å². The summed E-state index contributed by atoms with van der Waals surface area (Å²) in [5.74, 6) is -0.0127. The van der Waals surface area contributed by atoms with Gasteiger partial charge >= 0.3 is 0 Å². The highest BCUT2D eigenvalue weighted by Crippen LogP contribution is 2.18. The number of hydrogen-bond acceptors (Lipinski definition) is 4. The zero-order valence-corrected chi connectivity index (χ0v) is 11.4. The molecule has 4 nitrogen and oxygen atoms in total. The van der Waals surface area contributed by atoms with Crippen molar-refractivity contribution >= 4 is 17.2 Å². The minimum Gasteiger partial charge on any atom is -0.396 e. The first-order chi connectivity index (χ1) is 7.93. The van der Waals surface area contributed by atoms with Gasteiger partial charge in [0.25, 0.3) is 0 Å². The number of hydrogen-bond donors (Lipinski definition) is 2. The molecule has 0 aliphatic rings. The van der Waals surface area contributed by atoms with Crippen LogP contribution in [0.5, 0.6) is 0 Å². The molecule has 5 heteroatoms. The maximum absolute atomic E-state index is 11.7. The molecule has 0 atom stereocenters. The van der Waals surface area contributed by atoms with E-state index in [2.05, 4.69) is 10.3 Å². The summed E-state index contributed by atoms with van der Waals surface area (Å²) in [6, 6.07) is 0. The SMILES string of the molecule is Cc1nc(CC(=O)NCC(C)(C)CCO)cs1. The molecule has 1 aromatic heterocycles. The second-order valence-electron chi connectivity index (χ2n) is 4.95.